The number of nitrogens with zero attached hydrogens (tertiary/aromatic N) is 1. The Kier molecular flexibility index (Phi) is 5.33. The molecule has 1 heterocycles. The fourth-order valence-corrected chi connectivity index (χ4v) is 2.54. The van der Waals surface area contributed by atoms with Crippen molar-refractivity contribution in [3.05, 3.63) is 29.8 Å². The highest BCUT2D eigenvalue weighted by Crippen LogP contribution is 2.15. The van der Waals surface area contributed by atoms with Crippen LogP contribution in [0.25, 0.3) is 0 Å². The van der Waals surface area contributed by atoms with Gasteiger partial charge in [0.15, 0.2) is 0 Å². The average molecular weight is 289 g/mol. The number of carbonyl (C=O) groups excluding carboxylic acids is 2. The molecule has 5 nitrogen and oxygen atoms in total. The maximum atomic E-state index is 11.9. The molecule has 5 heteroatoms. The third kappa shape index (κ3) is 4.86. The summed E-state index contributed by atoms with van der Waals surface area (Å²) in [5, 5.41) is 5.04. The topological polar surface area (TPSA) is 61.4 Å². The monoisotopic (exact) mass is 289 g/mol. The number of amides is 3. The van der Waals surface area contributed by atoms with Crippen LogP contribution in [0.15, 0.2) is 24.3 Å². The van der Waals surface area contributed by atoms with E-state index in [1.54, 1.807) is 0 Å². The predicted octanol–water partition coefficient (Wildman–Crippen LogP) is 2.52. The van der Waals surface area contributed by atoms with Gasteiger partial charge in [0.1, 0.15) is 0 Å². The summed E-state index contributed by atoms with van der Waals surface area (Å²) in [6.07, 6.45) is 3.45. The lowest BCUT2D eigenvalue weighted by atomic mass is 10.0. The van der Waals surface area contributed by atoms with Crippen LogP contribution in [0.2, 0.25) is 0 Å². The Bertz CT molecular complexity index is 499. The number of benzene rings is 1. The number of hydrogen-bond acceptors (Lipinski definition) is 3. The zero-order valence-electron chi connectivity index (χ0n) is 12.7. The average Bonchev–Trinajstić information content (AvgIpc) is 2.44. The van der Waals surface area contributed by atoms with Crippen molar-refractivity contribution in [2.75, 3.05) is 18.4 Å². The van der Waals surface area contributed by atoms with E-state index in [-0.39, 0.29) is 12.5 Å². The largest absolute Gasteiger partial charge is 0.325 e. The van der Waals surface area contributed by atoms with Gasteiger partial charge in [0, 0.05) is 11.7 Å². The van der Waals surface area contributed by atoms with Crippen LogP contribution in [-0.4, -0.2) is 36.0 Å². The van der Waals surface area contributed by atoms with E-state index in [1.165, 1.54) is 6.42 Å². The molecule has 0 spiro atoms. The third-order valence-electron chi connectivity index (χ3n) is 3.85. The maximum Gasteiger partial charge on any atom is 0.325 e. The molecule has 114 valence electrons. The maximum absolute atomic E-state index is 11.9. The summed E-state index contributed by atoms with van der Waals surface area (Å²) in [6, 6.07) is 7.37. The number of nitrogens with one attached hydrogen (secondary N) is 2. The molecule has 0 bridgehead atoms. The number of piperidine rings is 1. The lowest BCUT2D eigenvalue weighted by Crippen LogP contribution is -2.46. The van der Waals surface area contributed by atoms with Crippen LogP contribution in [0.5, 0.6) is 0 Å². The van der Waals surface area contributed by atoms with Crippen molar-refractivity contribution in [2.24, 2.45) is 0 Å². The van der Waals surface area contributed by atoms with Gasteiger partial charge in [-0.05, 0) is 45.4 Å². The zero-order chi connectivity index (χ0) is 15.2. The number of carbonyl (C=O) groups is 2. The molecular weight excluding hydrogens is 266 g/mol. The first-order valence-corrected chi connectivity index (χ1v) is 7.46. The van der Waals surface area contributed by atoms with Crippen LogP contribution in [0, 0.1) is 6.92 Å². The summed E-state index contributed by atoms with van der Waals surface area (Å²) in [7, 11) is 0. The van der Waals surface area contributed by atoms with Crippen molar-refractivity contribution in [3.63, 3.8) is 0 Å². The van der Waals surface area contributed by atoms with Crippen molar-refractivity contribution in [3.8, 4) is 0 Å². The number of anilines is 1. The summed E-state index contributed by atoms with van der Waals surface area (Å²) < 4.78 is 0. The van der Waals surface area contributed by atoms with Crippen LogP contribution >= 0.6 is 0 Å². The molecule has 3 amide bonds. The van der Waals surface area contributed by atoms with Gasteiger partial charge >= 0.3 is 6.03 Å². The molecule has 1 aromatic rings. The Morgan fingerprint density at radius 1 is 1.24 bits per heavy atom. The van der Waals surface area contributed by atoms with E-state index in [1.807, 2.05) is 31.2 Å². The standard InChI is InChI=1S/C16H23N3O2/c1-12-6-8-14(9-7-12)17-16(21)18-15(20)11-19-10-4-3-5-13(19)2/h6-9,13H,3-5,10-11H2,1-2H3,(H2,17,18,20,21). The van der Waals surface area contributed by atoms with E-state index in [9.17, 15) is 9.59 Å². The Morgan fingerprint density at radius 2 is 1.95 bits per heavy atom. The molecule has 1 aromatic carbocycles. The minimum atomic E-state index is -0.478. The summed E-state index contributed by atoms with van der Waals surface area (Å²) in [5.74, 6) is -0.256. The Morgan fingerprint density at radius 3 is 2.62 bits per heavy atom. The quantitative estimate of drug-likeness (QED) is 0.899. The Labute approximate surface area is 125 Å². The first kappa shape index (κ1) is 15.5. The van der Waals surface area contributed by atoms with Crippen molar-refractivity contribution >= 4 is 17.6 Å². The lowest BCUT2D eigenvalue weighted by Gasteiger charge is -2.32. The summed E-state index contributed by atoms with van der Waals surface area (Å²) >= 11 is 0. The molecule has 2 N–H and O–H groups in total. The number of aryl methyl sites for hydroxylation is 1. The lowest BCUT2D eigenvalue weighted by molar-refractivity contribution is -0.121. The molecule has 1 unspecified atom stereocenters. The van der Waals surface area contributed by atoms with Gasteiger partial charge in [-0.3, -0.25) is 15.0 Å². The normalized spacial score (nSPS) is 19.0. The highest BCUT2D eigenvalue weighted by molar-refractivity contribution is 6.01. The van der Waals surface area contributed by atoms with E-state index in [4.69, 9.17) is 0 Å². The van der Waals surface area contributed by atoms with E-state index < -0.39 is 6.03 Å². The number of likely N-dealkylation sites (tertiary alicyclic amines) is 1. The molecular formula is C16H23N3O2. The first-order chi connectivity index (χ1) is 10.0. The highest BCUT2D eigenvalue weighted by atomic mass is 16.2. The first-order valence-electron chi connectivity index (χ1n) is 7.46. The molecule has 21 heavy (non-hydrogen) atoms. The molecule has 2 rings (SSSR count). The second kappa shape index (κ2) is 7.22. The van der Waals surface area contributed by atoms with E-state index >= 15 is 0 Å². The molecule has 0 radical (unpaired) electrons. The summed E-state index contributed by atoms with van der Waals surface area (Å²) in [6.45, 7) is 5.31. The Hall–Kier alpha value is -1.88. The smallest absolute Gasteiger partial charge is 0.308 e. The van der Waals surface area contributed by atoms with E-state index in [0.717, 1.165) is 24.9 Å². The molecule has 1 saturated heterocycles. The molecule has 0 saturated carbocycles. The SMILES string of the molecule is Cc1ccc(NC(=O)NC(=O)CN2CCCCC2C)cc1. The van der Waals surface area contributed by atoms with Gasteiger partial charge in [0.2, 0.25) is 5.91 Å². The van der Waals surface area contributed by atoms with Crippen molar-refractivity contribution in [1.29, 1.82) is 0 Å². The Balaban J connectivity index is 1.79. The van der Waals surface area contributed by atoms with Gasteiger partial charge in [-0.15, -0.1) is 0 Å². The summed E-state index contributed by atoms with van der Waals surface area (Å²) in [5.41, 5.74) is 1.80. The number of rotatable bonds is 3. The molecule has 1 fully saturated rings. The minimum Gasteiger partial charge on any atom is -0.308 e. The van der Waals surface area contributed by atoms with Crippen LogP contribution in [0.4, 0.5) is 10.5 Å². The molecule has 1 aliphatic heterocycles. The van der Waals surface area contributed by atoms with Crippen LogP contribution in [-0.2, 0) is 4.79 Å². The van der Waals surface area contributed by atoms with Crippen LogP contribution < -0.4 is 10.6 Å². The van der Waals surface area contributed by atoms with Crippen molar-refractivity contribution < 1.29 is 9.59 Å². The summed E-state index contributed by atoms with van der Waals surface area (Å²) in [4.78, 5) is 25.8. The van der Waals surface area contributed by atoms with Gasteiger partial charge in [-0.1, -0.05) is 24.1 Å². The second-order valence-electron chi connectivity index (χ2n) is 5.68. The fraction of sp³-hybridized carbons (Fsp3) is 0.500. The molecule has 1 atom stereocenters. The van der Waals surface area contributed by atoms with Gasteiger partial charge in [-0.25, -0.2) is 4.79 Å². The highest BCUT2D eigenvalue weighted by Gasteiger charge is 2.21. The van der Waals surface area contributed by atoms with Gasteiger partial charge in [0.25, 0.3) is 0 Å². The van der Waals surface area contributed by atoms with Crippen LogP contribution in [0.3, 0.4) is 0 Å². The third-order valence-corrected chi connectivity index (χ3v) is 3.85. The molecule has 1 aliphatic rings. The van der Waals surface area contributed by atoms with Gasteiger partial charge in [-0.2, -0.15) is 0 Å². The number of urea groups is 1. The fourth-order valence-electron chi connectivity index (χ4n) is 2.54. The van der Waals surface area contributed by atoms with Gasteiger partial charge < -0.3 is 5.32 Å². The zero-order valence-corrected chi connectivity index (χ0v) is 12.7. The van der Waals surface area contributed by atoms with E-state index in [2.05, 4.69) is 22.5 Å². The van der Waals surface area contributed by atoms with Crippen molar-refractivity contribution in [2.45, 2.75) is 39.2 Å². The van der Waals surface area contributed by atoms with Crippen molar-refractivity contribution in [1.82, 2.24) is 10.2 Å². The molecule has 0 aromatic heterocycles. The van der Waals surface area contributed by atoms with Crippen LogP contribution in [0.1, 0.15) is 31.7 Å². The molecule has 0 aliphatic carbocycles. The minimum absolute atomic E-state index is 0.256. The number of imide groups is 1. The predicted molar refractivity (Wildman–Crippen MR) is 83.2 cm³/mol. The second-order valence-corrected chi connectivity index (χ2v) is 5.68. The van der Waals surface area contributed by atoms with Gasteiger partial charge in [0.05, 0.1) is 6.54 Å². The van der Waals surface area contributed by atoms with E-state index in [0.29, 0.717) is 11.7 Å². The number of hydrogen-bond donors (Lipinski definition) is 2.